The van der Waals surface area contributed by atoms with Crippen LogP contribution in [0.2, 0.25) is 0 Å². The zero-order chi connectivity index (χ0) is 19.4. The summed E-state index contributed by atoms with van der Waals surface area (Å²) >= 11 is 0. The first kappa shape index (κ1) is 24.9. The van der Waals surface area contributed by atoms with E-state index in [4.69, 9.17) is 9.47 Å². The molecule has 0 saturated heterocycles. The maximum absolute atomic E-state index is 12.1. The second kappa shape index (κ2) is 10.1. The number of carbonyl (C=O) groups excluding carboxylic acids is 1. The van der Waals surface area contributed by atoms with E-state index in [0.29, 0.717) is 34.6 Å². The molecular formula is C22H42BrNO3. The number of unbranched alkanes of at least 4 members (excludes halogenated alkanes) is 3. The zero-order valence-electron chi connectivity index (χ0n) is 18.5. The molecule has 0 aromatic carbocycles. The summed E-state index contributed by atoms with van der Waals surface area (Å²) < 4.78 is 12.4. The van der Waals surface area contributed by atoms with Crippen molar-refractivity contribution in [2.45, 2.75) is 78.7 Å². The van der Waals surface area contributed by atoms with Gasteiger partial charge in [-0.15, -0.1) is 0 Å². The van der Waals surface area contributed by atoms with E-state index in [9.17, 15) is 4.79 Å². The number of hydrogen-bond acceptors (Lipinski definition) is 3. The number of fused-ring (bicyclic) bond motifs is 2. The van der Waals surface area contributed by atoms with Crippen LogP contribution in [0.15, 0.2) is 0 Å². The highest BCUT2D eigenvalue weighted by molar-refractivity contribution is 5.70. The molecule has 0 amide bonds. The number of hydrogen-bond donors (Lipinski definition) is 0. The van der Waals surface area contributed by atoms with Gasteiger partial charge in [0, 0.05) is 0 Å². The van der Waals surface area contributed by atoms with Crippen molar-refractivity contribution in [1.82, 2.24) is 0 Å². The lowest BCUT2D eigenvalue weighted by atomic mass is 9.70. The molecule has 0 aliphatic heterocycles. The third kappa shape index (κ3) is 5.93. The molecule has 0 heterocycles. The Morgan fingerprint density at radius 3 is 2.37 bits per heavy atom. The summed E-state index contributed by atoms with van der Waals surface area (Å²) in [5.74, 6) is 0.724. The number of esters is 1. The van der Waals surface area contributed by atoms with Gasteiger partial charge in [0.25, 0.3) is 0 Å². The molecule has 2 aliphatic rings. The van der Waals surface area contributed by atoms with E-state index in [-0.39, 0.29) is 23.0 Å². The van der Waals surface area contributed by atoms with E-state index >= 15 is 0 Å². The predicted molar refractivity (Wildman–Crippen MR) is 106 cm³/mol. The van der Waals surface area contributed by atoms with Crippen LogP contribution in [0.3, 0.4) is 0 Å². The Kier molecular flexibility index (Phi) is 9.29. The molecule has 0 aromatic heterocycles. The lowest BCUT2D eigenvalue weighted by Gasteiger charge is -2.39. The average molecular weight is 448 g/mol. The number of halogens is 1. The Labute approximate surface area is 177 Å². The molecule has 4 nitrogen and oxygen atoms in total. The molecule has 2 aliphatic carbocycles. The second-order valence-corrected chi connectivity index (χ2v) is 10.1. The van der Waals surface area contributed by atoms with Crippen molar-refractivity contribution < 1.29 is 35.7 Å². The third-order valence-electron chi connectivity index (χ3n) is 7.55. The van der Waals surface area contributed by atoms with E-state index in [1.54, 1.807) is 0 Å². The molecule has 2 saturated carbocycles. The molecule has 0 radical (unpaired) electrons. The summed E-state index contributed by atoms with van der Waals surface area (Å²) in [6.07, 6.45) is 8.77. The van der Waals surface area contributed by atoms with E-state index in [2.05, 4.69) is 41.8 Å². The minimum absolute atomic E-state index is 0. The molecule has 2 bridgehead atoms. The van der Waals surface area contributed by atoms with Crippen LogP contribution in [-0.4, -0.2) is 57.0 Å². The molecule has 3 unspecified atom stereocenters. The van der Waals surface area contributed by atoms with Crippen LogP contribution in [0.1, 0.15) is 72.6 Å². The monoisotopic (exact) mass is 447 g/mol. The molecular weight excluding hydrogens is 406 g/mol. The second-order valence-electron chi connectivity index (χ2n) is 10.1. The lowest BCUT2D eigenvalue weighted by molar-refractivity contribution is -0.883. The van der Waals surface area contributed by atoms with Crippen LogP contribution < -0.4 is 17.0 Å². The van der Waals surface area contributed by atoms with E-state index < -0.39 is 0 Å². The molecule has 5 heteroatoms. The van der Waals surface area contributed by atoms with Crippen LogP contribution in [0.4, 0.5) is 0 Å². The van der Waals surface area contributed by atoms with E-state index in [1.165, 1.54) is 32.1 Å². The van der Waals surface area contributed by atoms with Crippen molar-refractivity contribution in [2.75, 3.05) is 40.4 Å². The van der Waals surface area contributed by atoms with Gasteiger partial charge in [-0.3, -0.25) is 0 Å². The Bertz CT molecular complexity index is 480. The fourth-order valence-corrected chi connectivity index (χ4v) is 5.01. The quantitative estimate of drug-likeness (QED) is 0.273. The SMILES string of the molecule is CCCCCCOC(=O)C[N+](C)(C)CCOC1CC2CCC1(C)C2(C)C.[Br-]. The summed E-state index contributed by atoms with van der Waals surface area (Å²) in [5.41, 5.74) is 0.704. The molecule has 0 spiro atoms. The van der Waals surface area contributed by atoms with Crippen LogP contribution in [0.25, 0.3) is 0 Å². The average Bonchev–Trinajstić information content (AvgIpc) is 2.87. The van der Waals surface area contributed by atoms with Gasteiger partial charge in [-0.1, -0.05) is 47.0 Å². The van der Waals surface area contributed by atoms with Gasteiger partial charge >= 0.3 is 5.97 Å². The highest BCUT2D eigenvalue weighted by atomic mass is 79.9. The summed E-state index contributed by atoms with van der Waals surface area (Å²) in [5, 5.41) is 0. The fraction of sp³-hybridized carbons (Fsp3) is 0.955. The third-order valence-corrected chi connectivity index (χ3v) is 7.55. The highest BCUT2D eigenvalue weighted by Gasteiger charge is 2.61. The Hall–Kier alpha value is -0.130. The molecule has 2 rings (SSSR count). The van der Waals surface area contributed by atoms with Gasteiger partial charge in [0.05, 0.1) is 33.4 Å². The van der Waals surface area contributed by atoms with Crippen LogP contribution in [0.5, 0.6) is 0 Å². The van der Waals surface area contributed by atoms with Gasteiger partial charge in [0.1, 0.15) is 6.54 Å². The van der Waals surface area contributed by atoms with Gasteiger partial charge in [-0.25, -0.2) is 4.79 Å². The number of ether oxygens (including phenoxy) is 2. The van der Waals surface area contributed by atoms with E-state index in [0.717, 1.165) is 31.9 Å². The van der Waals surface area contributed by atoms with Crippen molar-refractivity contribution in [3.63, 3.8) is 0 Å². The summed E-state index contributed by atoms with van der Waals surface area (Å²) in [7, 11) is 4.18. The standard InChI is InChI=1S/C22H42NO3.BrH/c1-7-8-9-10-14-26-20(24)17-23(5,6)13-15-25-19-16-18-11-12-22(19,4)21(18,2)3;/h18-19H,7-17H2,1-6H3;1H/q+1;/p-1. The van der Waals surface area contributed by atoms with E-state index in [1.807, 2.05) is 0 Å². The minimum Gasteiger partial charge on any atom is -1.00 e. The minimum atomic E-state index is -0.0838. The number of quaternary nitrogens is 1. The molecule has 3 atom stereocenters. The van der Waals surface area contributed by atoms with Gasteiger partial charge in [0.2, 0.25) is 0 Å². The van der Waals surface area contributed by atoms with Crippen LogP contribution >= 0.6 is 0 Å². The molecule has 27 heavy (non-hydrogen) atoms. The Balaban J connectivity index is 0.00000364. The Morgan fingerprint density at radius 1 is 1.11 bits per heavy atom. The van der Waals surface area contributed by atoms with Crippen molar-refractivity contribution in [3.05, 3.63) is 0 Å². The van der Waals surface area contributed by atoms with Crippen molar-refractivity contribution in [2.24, 2.45) is 16.7 Å². The summed E-state index contributed by atoms with van der Waals surface area (Å²) in [6, 6.07) is 0. The van der Waals surface area contributed by atoms with Crippen molar-refractivity contribution in [1.29, 1.82) is 0 Å². The van der Waals surface area contributed by atoms with Gasteiger partial charge in [0.15, 0.2) is 6.54 Å². The first-order valence-electron chi connectivity index (χ1n) is 10.7. The highest BCUT2D eigenvalue weighted by Crippen LogP contribution is 2.66. The normalized spacial score (nSPS) is 28.8. The van der Waals surface area contributed by atoms with Gasteiger partial charge < -0.3 is 30.9 Å². The predicted octanol–water partition coefficient (Wildman–Crippen LogP) is 1.42. The first-order valence-corrected chi connectivity index (χ1v) is 10.7. The molecule has 2 fully saturated rings. The first-order chi connectivity index (χ1) is 12.1. The number of carbonyl (C=O) groups is 1. The smallest absolute Gasteiger partial charge is 0.361 e. The number of rotatable bonds is 11. The van der Waals surface area contributed by atoms with Crippen molar-refractivity contribution in [3.8, 4) is 0 Å². The fourth-order valence-electron chi connectivity index (χ4n) is 5.01. The van der Waals surface area contributed by atoms with Gasteiger partial charge in [-0.2, -0.15) is 0 Å². The maximum Gasteiger partial charge on any atom is 0.361 e. The van der Waals surface area contributed by atoms with Crippen LogP contribution in [-0.2, 0) is 14.3 Å². The van der Waals surface area contributed by atoms with Crippen molar-refractivity contribution >= 4 is 5.97 Å². The molecule has 160 valence electrons. The Morgan fingerprint density at radius 2 is 1.81 bits per heavy atom. The molecule has 0 N–H and O–H groups in total. The zero-order valence-corrected chi connectivity index (χ0v) is 20.1. The van der Waals surface area contributed by atoms with Gasteiger partial charge in [-0.05, 0) is 42.4 Å². The summed E-state index contributed by atoms with van der Waals surface area (Å²) in [6.45, 7) is 12.0. The number of nitrogens with zero attached hydrogens (tertiary/aromatic N) is 1. The maximum atomic E-state index is 12.1. The summed E-state index contributed by atoms with van der Waals surface area (Å²) in [4.78, 5) is 12.1. The largest absolute Gasteiger partial charge is 1.00 e. The topological polar surface area (TPSA) is 35.5 Å². The number of likely N-dealkylation sites (N-methyl/N-ethyl adjacent to an activating group) is 1. The lowest BCUT2D eigenvalue weighted by Crippen LogP contribution is -3.00. The molecule has 0 aromatic rings. The van der Waals surface area contributed by atoms with Crippen LogP contribution in [0, 0.1) is 16.7 Å².